The molecule has 6 heteroatoms. The van der Waals surface area contributed by atoms with Crippen molar-refractivity contribution in [2.24, 2.45) is 17.8 Å². The highest BCUT2D eigenvalue weighted by molar-refractivity contribution is 8.00. The summed E-state index contributed by atoms with van der Waals surface area (Å²) >= 11 is 1.41. The van der Waals surface area contributed by atoms with Crippen LogP contribution in [0.5, 0.6) is 0 Å². The molecule has 1 aromatic rings. The van der Waals surface area contributed by atoms with Crippen molar-refractivity contribution in [3.8, 4) is 0 Å². The third-order valence-electron chi connectivity index (χ3n) is 6.58. The molecule has 5 nitrogen and oxygen atoms in total. The molecule has 4 saturated carbocycles. The van der Waals surface area contributed by atoms with Crippen molar-refractivity contribution < 1.29 is 14.7 Å². The molecule has 1 unspecified atom stereocenters. The van der Waals surface area contributed by atoms with Crippen molar-refractivity contribution in [1.29, 1.82) is 0 Å². The van der Waals surface area contributed by atoms with Crippen LogP contribution in [0.4, 0.5) is 0 Å². The van der Waals surface area contributed by atoms with E-state index in [2.05, 4.69) is 10.6 Å². The standard InChI is InChI=1S/C22H30N2O3S/c1-14(12-25)23-21(27)18-4-2-3-5-19(18)28-13-20(26)24-22-9-15-6-16(10-22)8-17(7-15)11-22/h2-5,14-17,25H,6-13H2,1H3,(H,23,27)(H,24,26). The molecule has 4 fully saturated rings. The van der Waals surface area contributed by atoms with E-state index < -0.39 is 0 Å². The van der Waals surface area contributed by atoms with Gasteiger partial charge in [-0.05, 0) is 75.3 Å². The van der Waals surface area contributed by atoms with E-state index in [1.165, 1.54) is 31.0 Å². The van der Waals surface area contributed by atoms with E-state index in [1.54, 1.807) is 13.0 Å². The zero-order valence-electron chi connectivity index (χ0n) is 16.4. The SMILES string of the molecule is CC(CO)NC(=O)c1ccccc1SCC(=O)NC12CC3CC(CC(C3)C1)C2. The molecule has 4 aliphatic rings. The molecule has 5 rings (SSSR count). The van der Waals surface area contributed by atoms with Gasteiger partial charge in [0.2, 0.25) is 5.91 Å². The Morgan fingerprint density at radius 3 is 2.36 bits per heavy atom. The Bertz CT molecular complexity index is 716. The first-order chi connectivity index (χ1) is 13.5. The van der Waals surface area contributed by atoms with Crippen molar-refractivity contribution in [3.63, 3.8) is 0 Å². The predicted octanol–water partition coefficient (Wildman–Crippen LogP) is 2.97. The minimum absolute atomic E-state index is 0.0276. The lowest BCUT2D eigenvalue weighted by Gasteiger charge is -2.56. The molecule has 1 aromatic carbocycles. The van der Waals surface area contributed by atoms with Gasteiger partial charge in [-0.25, -0.2) is 0 Å². The summed E-state index contributed by atoms with van der Waals surface area (Å²) in [4.78, 5) is 26.0. The largest absolute Gasteiger partial charge is 0.394 e. The molecule has 1 atom stereocenters. The highest BCUT2D eigenvalue weighted by atomic mass is 32.2. The lowest BCUT2D eigenvalue weighted by atomic mass is 9.53. The molecule has 0 heterocycles. The van der Waals surface area contributed by atoms with Gasteiger partial charge in [-0.1, -0.05) is 12.1 Å². The summed E-state index contributed by atoms with van der Waals surface area (Å²) in [6.45, 7) is 1.65. The van der Waals surface area contributed by atoms with Gasteiger partial charge in [-0.3, -0.25) is 9.59 Å². The molecular weight excluding hydrogens is 372 g/mol. The van der Waals surface area contributed by atoms with Crippen LogP contribution in [0.3, 0.4) is 0 Å². The molecule has 2 amide bonds. The second-order valence-electron chi connectivity index (χ2n) is 9.09. The summed E-state index contributed by atoms with van der Waals surface area (Å²) in [6, 6.07) is 7.04. The number of benzene rings is 1. The maximum Gasteiger partial charge on any atom is 0.252 e. The van der Waals surface area contributed by atoms with Crippen LogP contribution in [0.1, 0.15) is 55.8 Å². The fourth-order valence-corrected chi connectivity index (χ4v) is 6.72. The van der Waals surface area contributed by atoms with Gasteiger partial charge in [0.15, 0.2) is 0 Å². The molecule has 0 spiro atoms. The van der Waals surface area contributed by atoms with Gasteiger partial charge in [0.05, 0.1) is 17.9 Å². The Balaban J connectivity index is 1.36. The van der Waals surface area contributed by atoms with Crippen LogP contribution >= 0.6 is 11.8 Å². The molecule has 4 aliphatic carbocycles. The average Bonchev–Trinajstić information content (AvgIpc) is 2.65. The highest BCUT2D eigenvalue weighted by Crippen LogP contribution is 2.55. The summed E-state index contributed by atoms with van der Waals surface area (Å²) in [7, 11) is 0. The van der Waals surface area contributed by atoms with E-state index in [9.17, 15) is 9.59 Å². The highest BCUT2D eigenvalue weighted by Gasteiger charge is 2.51. The van der Waals surface area contributed by atoms with Crippen molar-refractivity contribution in [1.82, 2.24) is 10.6 Å². The zero-order chi connectivity index (χ0) is 19.7. The number of carbonyl (C=O) groups is 2. The van der Waals surface area contributed by atoms with Crippen LogP contribution < -0.4 is 10.6 Å². The van der Waals surface area contributed by atoms with Gasteiger partial charge >= 0.3 is 0 Å². The van der Waals surface area contributed by atoms with E-state index in [4.69, 9.17) is 5.11 Å². The number of nitrogens with one attached hydrogen (secondary N) is 2. The van der Waals surface area contributed by atoms with Crippen LogP contribution in [0.15, 0.2) is 29.2 Å². The molecule has 28 heavy (non-hydrogen) atoms. The Morgan fingerprint density at radius 1 is 1.14 bits per heavy atom. The summed E-state index contributed by atoms with van der Waals surface area (Å²) in [5, 5.41) is 15.3. The summed E-state index contributed by atoms with van der Waals surface area (Å²) in [5.41, 5.74) is 0.579. The Hall–Kier alpha value is -1.53. The van der Waals surface area contributed by atoms with E-state index in [1.807, 2.05) is 18.2 Å². The summed E-state index contributed by atoms with van der Waals surface area (Å²) in [6.07, 6.45) is 7.52. The number of amides is 2. The number of rotatable bonds is 7. The Kier molecular flexibility index (Phi) is 5.70. The molecule has 152 valence electrons. The predicted molar refractivity (Wildman–Crippen MR) is 110 cm³/mol. The van der Waals surface area contributed by atoms with Crippen LogP contribution in [-0.2, 0) is 4.79 Å². The third kappa shape index (κ3) is 4.23. The Labute approximate surface area is 171 Å². The molecule has 0 saturated heterocycles. The normalized spacial score (nSPS) is 31.4. The van der Waals surface area contributed by atoms with Crippen LogP contribution in [-0.4, -0.2) is 40.9 Å². The maximum atomic E-state index is 12.7. The van der Waals surface area contributed by atoms with E-state index in [-0.39, 0.29) is 30.0 Å². The summed E-state index contributed by atoms with van der Waals surface area (Å²) < 4.78 is 0. The summed E-state index contributed by atoms with van der Waals surface area (Å²) in [5.74, 6) is 2.59. The molecular formula is C22H30N2O3S. The van der Waals surface area contributed by atoms with Gasteiger partial charge in [0.25, 0.3) is 5.91 Å². The number of thioether (sulfide) groups is 1. The van der Waals surface area contributed by atoms with Gasteiger partial charge in [-0.2, -0.15) is 0 Å². The first kappa shape index (κ1) is 19.8. The van der Waals surface area contributed by atoms with Gasteiger partial charge < -0.3 is 15.7 Å². The smallest absolute Gasteiger partial charge is 0.252 e. The molecule has 0 radical (unpaired) electrons. The lowest BCUT2D eigenvalue weighted by Crippen LogP contribution is -2.60. The van der Waals surface area contributed by atoms with Crippen molar-refractivity contribution in [2.45, 2.75) is 61.9 Å². The number of aliphatic hydroxyl groups excluding tert-OH is 1. The topological polar surface area (TPSA) is 78.4 Å². The second-order valence-corrected chi connectivity index (χ2v) is 10.1. The molecule has 0 aromatic heterocycles. The van der Waals surface area contributed by atoms with Crippen LogP contribution in [0, 0.1) is 17.8 Å². The van der Waals surface area contributed by atoms with Crippen molar-refractivity contribution in [2.75, 3.05) is 12.4 Å². The fraction of sp³-hybridized carbons (Fsp3) is 0.636. The molecule has 0 aliphatic heterocycles. The van der Waals surface area contributed by atoms with E-state index in [0.717, 1.165) is 41.9 Å². The monoisotopic (exact) mass is 402 g/mol. The van der Waals surface area contributed by atoms with Gasteiger partial charge in [-0.15, -0.1) is 11.8 Å². The zero-order valence-corrected chi connectivity index (χ0v) is 17.3. The van der Waals surface area contributed by atoms with E-state index >= 15 is 0 Å². The maximum absolute atomic E-state index is 12.7. The average molecular weight is 403 g/mol. The first-order valence-electron chi connectivity index (χ1n) is 10.4. The van der Waals surface area contributed by atoms with Gasteiger partial charge in [0.1, 0.15) is 0 Å². The third-order valence-corrected chi connectivity index (χ3v) is 7.66. The quantitative estimate of drug-likeness (QED) is 0.613. The minimum Gasteiger partial charge on any atom is -0.394 e. The van der Waals surface area contributed by atoms with Crippen LogP contribution in [0.25, 0.3) is 0 Å². The van der Waals surface area contributed by atoms with Crippen molar-refractivity contribution >= 4 is 23.6 Å². The number of carbonyl (C=O) groups excluding carboxylic acids is 2. The molecule has 3 N–H and O–H groups in total. The second kappa shape index (κ2) is 8.07. The molecule has 4 bridgehead atoms. The van der Waals surface area contributed by atoms with Crippen molar-refractivity contribution in [3.05, 3.63) is 29.8 Å². The number of hydrogen-bond donors (Lipinski definition) is 3. The lowest BCUT2D eigenvalue weighted by molar-refractivity contribution is -0.124. The number of aliphatic hydroxyl groups is 1. The van der Waals surface area contributed by atoms with Gasteiger partial charge in [0, 0.05) is 16.5 Å². The fourth-order valence-electron chi connectivity index (χ4n) is 5.87. The van der Waals surface area contributed by atoms with Crippen LogP contribution in [0.2, 0.25) is 0 Å². The Morgan fingerprint density at radius 2 is 1.75 bits per heavy atom. The number of hydrogen-bond acceptors (Lipinski definition) is 4. The first-order valence-corrected chi connectivity index (χ1v) is 11.4. The van der Waals surface area contributed by atoms with E-state index in [0.29, 0.717) is 11.3 Å². The minimum atomic E-state index is -0.301.